The Morgan fingerprint density at radius 3 is 1.70 bits per heavy atom. The van der Waals surface area contributed by atoms with Crippen LogP contribution in [0.2, 0.25) is 0 Å². The molecule has 1 aromatic carbocycles. The smallest absolute Gasteiger partial charge is 0.0283 e. The van der Waals surface area contributed by atoms with Crippen molar-refractivity contribution in [2.75, 3.05) is 0 Å². The highest BCUT2D eigenvalue weighted by molar-refractivity contribution is 9.08. The number of alkyl halides is 1. The predicted octanol–water partition coefficient (Wildman–Crippen LogP) is 8.06. The second-order valence-corrected chi connectivity index (χ2v) is 5.74. The molecule has 0 bridgehead atoms. The van der Waals surface area contributed by atoms with E-state index in [1.165, 1.54) is 24.0 Å². The van der Waals surface area contributed by atoms with Crippen LogP contribution in [0.3, 0.4) is 0 Å². The molecule has 122 valence electrons. The maximum atomic E-state index is 3.49. The van der Waals surface area contributed by atoms with Gasteiger partial charge in [0.1, 0.15) is 0 Å². The first-order chi connectivity index (χ1) is 7.55. The quantitative estimate of drug-likeness (QED) is 0.473. The molecule has 0 saturated carbocycles. The highest BCUT2D eigenvalue weighted by atomic mass is 79.9. The standard InChI is InChI=1S/C15H23Br.4CH4/c1-5-14(15(3,4)6-2)13-9-7-12(11-16)8-10-13;;;;/h7-10,14H,5-6,11H2,1-4H3;4*1H4. The van der Waals surface area contributed by atoms with Crippen LogP contribution in [-0.4, -0.2) is 0 Å². The average molecular weight is 347 g/mol. The minimum absolute atomic E-state index is 0. The molecule has 0 spiro atoms. The van der Waals surface area contributed by atoms with E-state index in [1.807, 2.05) is 0 Å². The molecule has 1 atom stereocenters. The van der Waals surface area contributed by atoms with Crippen LogP contribution in [0.5, 0.6) is 0 Å². The first-order valence-corrected chi connectivity index (χ1v) is 7.32. The fourth-order valence-corrected chi connectivity index (χ4v) is 2.70. The lowest BCUT2D eigenvalue weighted by atomic mass is 9.72. The Morgan fingerprint density at radius 1 is 0.950 bits per heavy atom. The van der Waals surface area contributed by atoms with Gasteiger partial charge in [0.15, 0.2) is 0 Å². The van der Waals surface area contributed by atoms with E-state index in [4.69, 9.17) is 0 Å². The van der Waals surface area contributed by atoms with Crippen LogP contribution in [0.4, 0.5) is 0 Å². The molecule has 0 radical (unpaired) electrons. The van der Waals surface area contributed by atoms with Gasteiger partial charge in [-0.15, -0.1) is 0 Å². The normalized spacial score (nSPS) is 11.1. The minimum Gasteiger partial charge on any atom is -0.0876 e. The Balaban J connectivity index is -0.000000320. The van der Waals surface area contributed by atoms with E-state index in [2.05, 4.69) is 67.9 Å². The Labute approximate surface area is 138 Å². The maximum absolute atomic E-state index is 3.49. The third kappa shape index (κ3) is 6.92. The van der Waals surface area contributed by atoms with E-state index >= 15 is 0 Å². The van der Waals surface area contributed by atoms with Gasteiger partial charge in [0.2, 0.25) is 0 Å². The highest BCUT2D eigenvalue weighted by Gasteiger charge is 2.27. The molecule has 20 heavy (non-hydrogen) atoms. The molecule has 0 aromatic heterocycles. The summed E-state index contributed by atoms with van der Waals surface area (Å²) in [4.78, 5) is 0. The third-order valence-electron chi connectivity index (χ3n) is 3.80. The summed E-state index contributed by atoms with van der Waals surface area (Å²) in [5, 5.41) is 0.946. The first kappa shape index (κ1) is 27.9. The van der Waals surface area contributed by atoms with Crippen LogP contribution < -0.4 is 0 Å². The summed E-state index contributed by atoms with van der Waals surface area (Å²) < 4.78 is 0. The molecule has 0 N–H and O–H groups in total. The van der Waals surface area contributed by atoms with Gasteiger partial charge in [0.25, 0.3) is 0 Å². The van der Waals surface area contributed by atoms with Gasteiger partial charge in [-0.05, 0) is 28.9 Å². The first-order valence-electron chi connectivity index (χ1n) is 6.20. The second kappa shape index (κ2) is 12.4. The van der Waals surface area contributed by atoms with Gasteiger partial charge in [-0.3, -0.25) is 0 Å². The van der Waals surface area contributed by atoms with Gasteiger partial charge in [-0.25, -0.2) is 0 Å². The molecule has 1 aromatic rings. The summed E-state index contributed by atoms with van der Waals surface area (Å²) in [6, 6.07) is 9.06. The highest BCUT2D eigenvalue weighted by Crippen LogP contribution is 2.40. The lowest BCUT2D eigenvalue weighted by molar-refractivity contribution is 0.267. The zero-order valence-electron chi connectivity index (χ0n) is 10.9. The van der Waals surface area contributed by atoms with Crippen molar-refractivity contribution in [2.24, 2.45) is 5.41 Å². The molecule has 0 saturated heterocycles. The second-order valence-electron chi connectivity index (χ2n) is 5.18. The number of halogens is 1. The lowest BCUT2D eigenvalue weighted by Gasteiger charge is -2.33. The molecular formula is C19H39Br. The van der Waals surface area contributed by atoms with Crippen LogP contribution in [0.1, 0.15) is 87.3 Å². The molecular weight excluding hydrogens is 308 g/mol. The Hall–Kier alpha value is -0.300. The van der Waals surface area contributed by atoms with Crippen molar-refractivity contribution in [3.8, 4) is 0 Å². The fraction of sp³-hybridized carbons (Fsp3) is 0.684. The topological polar surface area (TPSA) is 0 Å². The van der Waals surface area contributed by atoms with Gasteiger partial charge in [0, 0.05) is 5.33 Å². The zero-order valence-corrected chi connectivity index (χ0v) is 12.5. The molecule has 0 nitrogen and oxygen atoms in total. The van der Waals surface area contributed by atoms with Gasteiger partial charge < -0.3 is 0 Å². The Bertz CT molecular complexity index is 311. The molecule has 0 aliphatic carbocycles. The molecule has 0 amide bonds. The van der Waals surface area contributed by atoms with Crippen molar-refractivity contribution < 1.29 is 0 Å². The summed E-state index contributed by atoms with van der Waals surface area (Å²) in [7, 11) is 0. The molecule has 0 heterocycles. The SMILES string of the molecule is C.C.C.C.CCC(c1ccc(CBr)cc1)C(C)(C)CC. The number of rotatable bonds is 5. The summed E-state index contributed by atoms with van der Waals surface area (Å²) in [5.41, 5.74) is 3.23. The van der Waals surface area contributed by atoms with Gasteiger partial charge in [-0.2, -0.15) is 0 Å². The average Bonchev–Trinajstić information content (AvgIpc) is 2.30. The van der Waals surface area contributed by atoms with E-state index in [0.717, 1.165) is 5.33 Å². The van der Waals surface area contributed by atoms with Gasteiger partial charge in [-0.1, -0.05) is 104 Å². The van der Waals surface area contributed by atoms with E-state index in [9.17, 15) is 0 Å². The molecule has 0 aliphatic heterocycles. The summed E-state index contributed by atoms with van der Waals surface area (Å²) in [5.74, 6) is 0.668. The van der Waals surface area contributed by atoms with Crippen LogP contribution in [-0.2, 0) is 5.33 Å². The van der Waals surface area contributed by atoms with Crippen molar-refractivity contribution in [2.45, 2.75) is 81.5 Å². The van der Waals surface area contributed by atoms with Crippen LogP contribution in [0.15, 0.2) is 24.3 Å². The number of hydrogen-bond acceptors (Lipinski definition) is 0. The lowest BCUT2D eigenvalue weighted by Crippen LogP contribution is -2.20. The molecule has 0 aliphatic rings. The molecule has 1 unspecified atom stereocenters. The van der Waals surface area contributed by atoms with Crippen molar-refractivity contribution in [1.82, 2.24) is 0 Å². The molecule has 1 heteroatoms. The van der Waals surface area contributed by atoms with E-state index < -0.39 is 0 Å². The zero-order chi connectivity index (χ0) is 12.2. The number of benzene rings is 1. The van der Waals surface area contributed by atoms with E-state index in [1.54, 1.807) is 0 Å². The van der Waals surface area contributed by atoms with Gasteiger partial charge in [0.05, 0.1) is 0 Å². The number of hydrogen-bond donors (Lipinski definition) is 0. The molecule has 1 rings (SSSR count). The van der Waals surface area contributed by atoms with E-state index in [-0.39, 0.29) is 29.7 Å². The third-order valence-corrected chi connectivity index (χ3v) is 4.45. The monoisotopic (exact) mass is 346 g/mol. The van der Waals surface area contributed by atoms with Crippen molar-refractivity contribution in [1.29, 1.82) is 0 Å². The van der Waals surface area contributed by atoms with Crippen LogP contribution in [0, 0.1) is 5.41 Å². The summed E-state index contributed by atoms with van der Waals surface area (Å²) in [6.45, 7) is 9.33. The van der Waals surface area contributed by atoms with E-state index in [0.29, 0.717) is 11.3 Å². The van der Waals surface area contributed by atoms with Gasteiger partial charge >= 0.3 is 0 Å². The predicted molar refractivity (Wildman–Crippen MR) is 103 cm³/mol. The Morgan fingerprint density at radius 2 is 1.40 bits per heavy atom. The summed E-state index contributed by atoms with van der Waals surface area (Å²) >= 11 is 3.49. The maximum Gasteiger partial charge on any atom is 0.0283 e. The van der Waals surface area contributed by atoms with Crippen molar-refractivity contribution in [3.05, 3.63) is 35.4 Å². The van der Waals surface area contributed by atoms with Crippen LogP contribution >= 0.6 is 15.9 Å². The fourth-order valence-electron chi connectivity index (χ4n) is 2.32. The van der Waals surface area contributed by atoms with Crippen LogP contribution in [0.25, 0.3) is 0 Å². The molecule has 0 fully saturated rings. The van der Waals surface area contributed by atoms with Crippen molar-refractivity contribution >= 4 is 15.9 Å². The minimum atomic E-state index is 0. The largest absolute Gasteiger partial charge is 0.0876 e. The van der Waals surface area contributed by atoms with Crippen molar-refractivity contribution in [3.63, 3.8) is 0 Å². The summed E-state index contributed by atoms with van der Waals surface area (Å²) in [6.07, 6.45) is 2.44. The Kier molecular flexibility index (Phi) is 17.4.